The lowest BCUT2D eigenvalue weighted by Crippen LogP contribution is -1.98. The smallest absolute Gasteiger partial charge is 0.182 e. The van der Waals surface area contributed by atoms with E-state index >= 15 is 0 Å². The largest absolute Gasteiger partial charge is 0.365 e. The van der Waals surface area contributed by atoms with Crippen molar-refractivity contribution in [3.8, 4) is 11.3 Å². The zero-order valence-electron chi connectivity index (χ0n) is 10.4. The standard InChI is InChI=1S/C13H17N3S/c1-8-6-11(9(2)16(8)10-4-5-10)12-7-17-13(14-3)15-12/h6-7,10H,4-5H2,1-3H3,(H,14,15). The van der Waals surface area contributed by atoms with Crippen molar-refractivity contribution in [1.29, 1.82) is 0 Å². The van der Waals surface area contributed by atoms with E-state index in [1.807, 2.05) is 7.05 Å². The van der Waals surface area contributed by atoms with E-state index in [2.05, 4.69) is 40.2 Å². The maximum atomic E-state index is 4.59. The molecule has 0 aromatic carbocycles. The van der Waals surface area contributed by atoms with Gasteiger partial charge in [-0.05, 0) is 32.8 Å². The lowest BCUT2D eigenvalue weighted by molar-refractivity contribution is 0.700. The van der Waals surface area contributed by atoms with Gasteiger partial charge in [0.2, 0.25) is 0 Å². The van der Waals surface area contributed by atoms with Crippen LogP contribution in [0.15, 0.2) is 11.4 Å². The van der Waals surface area contributed by atoms with Crippen molar-refractivity contribution < 1.29 is 0 Å². The molecule has 1 N–H and O–H groups in total. The fourth-order valence-corrected chi connectivity index (χ4v) is 3.12. The van der Waals surface area contributed by atoms with Crippen molar-refractivity contribution >= 4 is 16.5 Å². The van der Waals surface area contributed by atoms with Crippen molar-refractivity contribution in [3.05, 3.63) is 22.8 Å². The number of hydrogen-bond acceptors (Lipinski definition) is 3. The highest BCUT2D eigenvalue weighted by atomic mass is 32.1. The Hall–Kier alpha value is -1.29. The summed E-state index contributed by atoms with van der Waals surface area (Å²) in [5.41, 5.74) is 5.10. The molecular weight excluding hydrogens is 230 g/mol. The molecule has 1 aliphatic carbocycles. The van der Waals surface area contributed by atoms with E-state index in [4.69, 9.17) is 0 Å². The van der Waals surface area contributed by atoms with Crippen LogP contribution in [0.4, 0.5) is 5.13 Å². The molecule has 0 spiro atoms. The summed E-state index contributed by atoms with van der Waals surface area (Å²) in [5, 5.41) is 6.21. The molecule has 2 aromatic heterocycles. The SMILES string of the molecule is CNc1nc(-c2cc(C)n(C3CC3)c2C)cs1. The zero-order valence-corrected chi connectivity index (χ0v) is 11.3. The maximum absolute atomic E-state index is 4.59. The molecule has 0 aliphatic heterocycles. The molecule has 4 heteroatoms. The lowest BCUT2D eigenvalue weighted by Gasteiger charge is -2.06. The third kappa shape index (κ3) is 1.76. The number of aryl methyl sites for hydroxylation is 1. The van der Waals surface area contributed by atoms with Crippen molar-refractivity contribution in [2.75, 3.05) is 12.4 Å². The minimum Gasteiger partial charge on any atom is -0.365 e. The highest BCUT2D eigenvalue weighted by molar-refractivity contribution is 7.14. The Morgan fingerprint density at radius 2 is 2.18 bits per heavy atom. The molecule has 1 aliphatic rings. The molecule has 17 heavy (non-hydrogen) atoms. The highest BCUT2D eigenvalue weighted by Gasteiger charge is 2.27. The molecule has 0 unspecified atom stereocenters. The van der Waals surface area contributed by atoms with Gasteiger partial charge in [0, 0.05) is 35.4 Å². The van der Waals surface area contributed by atoms with Crippen LogP contribution in [0.3, 0.4) is 0 Å². The van der Waals surface area contributed by atoms with Gasteiger partial charge >= 0.3 is 0 Å². The van der Waals surface area contributed by atoms with Gasteiger partial charge in [0.1, 0.15) is 0 Å². The van der Waals surface area contributed by atoms with E-state index in [1.165, 1.54) is 29.8 Å². The predicted molar refractivity (Wildman–Crippen MR) is 72.8 cm³/mol. The van der Waals surface area contributed by atoms with Gasteiger partial charge in [-0.15, -0.1) is 11.3 Å². The third-order valence-corrected chi connectivity index (χ3v) is 4.25. The van der Waals surface area contributed by atoms with Crippen molar-refractivity contribution in [2.24, 2.45) is 0 Å². The molecule has 2 heterocycles. The summed E-state index contributed by atoms with van der Waals surface area (Å²) >= 11 is 1.66. The second-order valence-corrected chi connectivity index (χ2v) is 5.53. The Bertz CT molecular complexity index is 549. The molecule has 3 nitrogen and oxygen atoms in total. The van der Waals surface area contributed by atoms with E-state index < -0.39 is 0 Å². The highest BCUT2D eigenvalue weighted by Crippen LogP contribution is 2.40. The van der Waals surface area contributed by atoms with Crippen LogP contribution in [0.2, 0.25) is 0 Å². The predicted octanol–water partition coefficient (Wildman–Crippen LogP) is 3.61. The molecule has 3 rings (SSSR count). The van der Waals surface area contributed by atoms with E-state index in [1.54, 1.807) is 11.3 Å². The molecule has 0 radical (unpaired) electrons. The number of aromatic nitrogens is 2. The van der Waals surface area contributed by atoms with E-state index in [-0.39, 0.29) is 0 Å². The number of anilines is 1. The average Bonchev–Trinajstić information content (AvgIpc) is 2.94. The average molecular weight is 247 g/mol. The summed E-state index contributed by atoms with van der Waals surface area (Å²) < 4.78 is 2.47. The Morgan fingerprint density at radius 3 is 2.76 bits per heavy atom. The van der Waals surface area contributed by atoms with Gasteiger partial charge in [-0.25, -0.2) is 4.98 Å². The van der Waals surface area contributed by atoms with E-state index in [9.17, 15) is 0 Å². The minimum absolute atomic E-state index is 0.742. The number of hydrogen-bond donors (Lipinski definition) is 1. The van der Waals surface area contributed by atoms with Crippen LogP contribution in [0.1, 0.15) is 30.3 Å². The summed E-state index contributed by atoms with van der Waals surface area (Å²) in [4.78, 5) is 4.59. The zero-order chi connectivity index (χ0) is 12.0. The number of nitrogens with zero attached hydrogens (tertiary/aromatic N) is 2. The van der Waals surface area contributed by atoms with Gasteiger partial charge in [0.25, 0.3) is 0 Å². The monoisotopic (exact) mass is 247 g/mol. The minimum atomic E-state index is 0.742. The molecule has 1 fully saturated rings. The molecule has 90 valence electrons. The van der Waals surface area contributed by atoms with Crippen molar-refractivity contribution in [1.82, 2.24) is 9.55 Å². The van der Waals surface area contributed by atoms with Crippen LogP contribution in [-0.4, -0.2) is 16.6 Å². The van der Waals surface area contributed by atoms with Crippen LogP contribution in [0.25, 0.3) is 11.3 Å². The fourth-order valence-electron chi connectivity index (χ4n) is 2.44. The molecule has 0 saturated heterocycles. The lowest BCUT2D eigenvalue weighted by atomic mass is 10.2. The number of thiazole rings is 1. The van der Waals surface area contributed by atoms with Crippen molar-refractivity contribution in [3.63, 3.8) is 0 Å². The quantitative estimate of drug-likeness (QED) is 0.898. The number of rotatable bonds is 3. The second kappa shape index (κ2) is 3.88. The van der Waals surface area contributed by atoms with Gasteiger partial charge in [-0.3, -0.25) is 0 Å². The van der Waals surface area contributed by atoms with Crippen LogP contribution in [0, 0.1) is 13.8 Å². The third-order valence-electron chi connectivity index (χ3n) is 3.39. The molecule has 0 atom stereocenters. The number of nitrogens with one attached hydrogen (secondary N) is 1. The normalized spacial score (nSPS) is 15.2. The Morgan fingerprint density at radius 1 is 1.41 bits per heavy atom. The van der Waals surface area contributed by atoms with Gasteiger partial charge < -0.3 is 9.88 Å². The summed E-state index contributed by atoms with van der Waals surface area (Å²) in [6.45, 7) is 4.40. The van der Waals surface area contributed by atoms with Crippen LogP contribution in [0.5, 0.6) is 0 Å². The summed E-state index contributed by atoms with van der Waals surface area (Å²) in [5.74, 6) is 0. The van der Waals surface area contributed by atoms with Gasteiger partial charge in [0.15, 0.2) is 5.13 Å². The Labute approximate surface area is 106 Å². The molecular formula is C13H17N3S. The molecule has 1 saturated carbocycles. The summed E-state index contributed by atoms with van der Waals surface area (Å²) in [6.07, 6.45) is 2.66. The second-order valence-electron chi connectivity index (χ2n) is 4.67. The van der Waals surface area contributed by atoms with Crippen molar-refractivity contribution in [2.45, 2.75) is 32.7 Å². The maximum Gasteiger partial charge on any atom is 0.182 e. The van der Waals surface area contributed by atoms with E-state index in [0.717, 1.165) is 16.9 Å². The first kappa shape index (κ1) is 10.8. The van der Waals surface area contributed by atoms with Gasteiger partial charge in [0.05, 0.1) is 5.69 Å². The molecule has 0 bridgehead atoms. The first-order valence-corrected chi connectivity index (χ1v) is 6.90. The fraction of sp³-hybridized carbons (Fsp3) is 0.462. The van der Waals surface area contributed by atoms with E-state index in [0.29, 0.717) is 0 Å². The topological polar surface area (TPSA) is 29.9 Å². The Kier molecular flexibility index (Phi) is 2.47. The Balaban J connectivity index is 2.05. The molecule has 0 amide bonds. The van der Waals surface area contributed by atoms with Gasteiger partial charge in [-0.2, -0.15) is 0 Å². The first-order chi connectivity index (χ1) is 8.20. The van der Waals surface area contributed by atoms with Gasteiger partial charge in [-0.1, -0.05) is 0 Å². The van der Waals surface area contributed by atoms with Crippen LogP contribution in [-0.2, 0) is 0 Å². The summed E-state index contributed by atoms with van der Waals surface area (Å²) in [6, 6.07) is 3.01. The van der Waals surface area contributed by atoms with Crippen LogP contribution < -0.4 is 5.32 Å². The van der Waals surface area contributed by atoms with Crippen LogP contribution >= 0.6 is 11.3 Å². The molecule has 2 aromatic rings. The first-order valence-electron chi connectivity index (χ1n) is 6.02. The summed E-state index contributed by atoms with van der Waals surface area (Å²) in [7, 11) is 1.91.